The molecule has 268 valence electrons. The molecule has 2 N–H and O–H groups in total. The van der Waals surface area contributed by atoms with Crippen LogP contribution in [-0.2, 0) is 32.3 Å². The maximum absolute atomic E-state index is 12.8. The number of nitrogens with zero attached hydrogens (tertiary/aromatic N) is 3. The molecule has 3 aromatic carbocycles. The largest absolute Gasteiger partial charge is 0.481 e. The number of ether oxygens (including phenoxy) is 2. The highest BCUT2D eigenvalue weighted by atomic mass is 32.2. The standard InChI is InChI=1S/C28H35N3O4S.C8H5F4NO/c1-18-29-26-15-23(9-11-27(26)30(18)2)36-31(3)21-6-4-20(5-7-21)25-14-22(8-10-24(25)28(32)33)35-17-19-12-13-34-16-19;9-6-3-5(8(10,11)12)1-2-7(6)13-4-14/h4-7,9,11,15,19,22,24-25H,8,10,12-14,16-17H2,1-3H3,(H,32,33);1-4H,(H,13,14)/t19?,22-,24?,25+;/m1./s1. The second kappa shape index (κ2) is 16.3. The van der Waals surface area contributed by atoms with Crippen LogP contribution < -0.4 is 9.62 Å². The predicted molar refractivity (Wildman–Crippen MR) is 184 cm³/mol. The number of carboxylic acid groups (broad SMARTS) is 1. The van der Waals surface area contributed by atoms with Gasteiger partial charge in [-0.3, -0.25) is 9.59 Å². The fraction of sp³-hybridized carbons (Fsp3) is 0.417. The van der Waals surface area contributed by atoms with Crippen LogP contribution in [0.15, 0.2) is 65.6 Å². The summed E-state index contributed by atoms with van der Waals surface area (Å²) < 4.78 is 64.8. The third-order valence-electron chi connectivity index (χ3n) is 9.22. The zero-order valence-corrected chi connectivity index (χ0v) is 28.8. The van der Waals surface area contributed by atoms with Gasteiger partial charge in [-0.05, 0) is 105 Å². The molecule has 2 unspecified atom stereocenters. The summed E-state index contributed by atoms with van der Waals surface area (Å²) in [6.07, 6.45) is -1.04. The van der Waals surface area contributed by atoms with Gasteiger partial charge >= 0.3 is 12.1 Å². The molecule has 0 spiro atoms. The summed E-state index contributed by atoms with van der Waals surface area (Å²) >= 11 is 1.65. The van der Waals surface area contributed by atoms with E-state index in [0.29, 0.717) is 31.1 Å². The molecule has 4 atom stereocenters. The molecule has 1 aliphatic heterocycles. The molecule has 9 nitrogen and oxygen atoms in total. The fourth-order valence-electron chi connectivity index (χ4n) is 6.31. The number of amides is 1. The number of aliphatic carboxylic acids is 1. The molecular formula is C36H40F4N4O5S. The van der Waals surface area contributed by atoms with Gasteiger partial charge in [0.15, 0.2) is 0 Å². The van der Waals surface area contributed by atoms with E-state index in [2.05, 4.69) is 56.3 Å². The third-order valence-corrected chi connectivity index (χ3v) is 10.2. The van der Waals surface area contributed by atoms with E-state index in [9.17, 15) is 32.3 Å². The van der Waals surface area contributed by atoms with Crippen LogP contribution in [0.1, 0.15) is 48.6 Å². The van der Waals surface area contributed by atoms with Crippen molar-refractivity contribution in [2.45, 2.75) is 55.7 Å². The number of carboxylic acids is 1. The van der Waals surface area contributed by atoms with Crippen LogP contribution in [0.2, 0.25) is 0 Å². The summed E-state index contributed by atoms with van der Waals surface area (Å²) in [5, 5.41) is 11.8. The molecule has 2 heterocycles. The Labute approximate surface area is 292 Å². The lowest BCUT2D eigenvalue weighted by atomic mass is 9.74. The van der Waals surface area contributed by atoms with Crippen LogP contribution in [0.25, 0.3) is 11.0 Å². The number of carbonyl (C=O) groups is 2. The topological polar surface area (TPSA) is 106 Å². The number of aromatic nitrogens is 2. The van der Waals surface area contributed by atoms with Crippen LogP contribution >= 0.6 is 11.9 Å². The number of rotatable bonds is 10. The lowest BCUT2D eigenvalue weighted by Gasteiger charge is -2.34. The zero-order chi connectivity index (χ0) is 36.0. The average molecular weight is 717 g/mol. The molecule has 1 saturated carbocycles. The first-order valence-corrected chi connectivity index (χ1v) is 17.0. The number of hydrogen-bond acceptors (Lipinski definition) is 7. The van der Waals surface area contributed by atoms with Gasteiger partial charge in [-0.15, -0.1) is 0 Å². The van der Waals surface area contributed by atoms with E-state index in [1.54, 1.807) is 11.9 Å². The minimum Gasteiger partial charge on any atom is -0.481 e. The Morgan fingerprint density at radius 3 is 2.54 bits per heavy atom. The Balaban J connectivity index is 0.000000292. The van der Waals surface area contributed by atoms with E-state index in [0.717, 1.165) is 71.5 Å². The van der Waals surface area contributed by atoms with Crippen molar-refractivity contribution in [3.8, 4) is 0 Å². The molecule has 1 aliphatic carbocycles. The Kier molecular flexibility index (Phi) is 12.1. The Hall–Kier alpha value is -4.14. The van der Waals surface area contributed by atoms with Gasteiger partial charge in [0, 0.05) is 37.2 Å². The number of alkyl halides is 3. The van der Waals surface area contributed by atoms with E-state index in [-0.39, 0.29) is 30.0 Å². The van der Waals surface area contributed by atoms with Gasteiger partial charge in [0.1, 0.15) is 11.6 Å². The Morgan fingerprint density at radius 1 is 1.14 bits per heavy atom. The molecule has 1 aromatic heterocycles. The van der Waals surface area contributed by atoms with Gasteiger partial charge in [-0.2, -0.15) is 13.2 Å². The summed E-state index contributed by atoms with van der Waals surface area (Å²) in [4.78, 5) is 27.7. The summed E-state index contributed by atoms with van der Waals surface area (Å²) in [5.41, 5.74) is 2.89. The third kappa shape index (κ3) is 9.15. The second-order valence-electron chi connectivity index (χ2n) is 12.6. The van der Waals surface area contributed by atoms with E-state index >= 15 is 0 Å². The van der Waals surface area contributed by atoms with Gasteiger partial charge in [-0.25, -0.2) is 9.37 Å². The average Bonchev–Trinajstić information content (AvgIpc) is 3.71. The number of anilines is 2. The first-order chi connectivity index (χ1) is 23.8. The van der Waals surface area contributed by atoms with Crippen LogP contribution in [0.5, 0.6) is 0 Å². The van der Waals surface area contributed by atoms with Crippen molar-refractivity contribution < 1.29 is 41.7 Å². The Bertz CT molecular complexity index is 1780. The van der Waals surface area contributed by atoms with E-state index in [1.165, 1.54) is 0 Å². The van der Waals surface area contributed by atoms with E-state index in [4.69, 9.17) is 9.47 Å². The molecule has 1 amide bonds. The van der Waals surface area contributed by atoms with Crippen molar-refractivity contribution >= 4 is 46.7 Å². The van der Waals surface area contributed by atoms with Crippen molar-refractivity contribution in [3.63, 3.8) is 0 Å². The lowest BCUT2D eigenvalue weighted by Crippen LogP contribution is -2.33. The Morgan fingerprint density at radius 2 is 1.90 bits per heavy atom. The molecule has 2 fully saturated rings. The molecule has 0 bridgehead atoms. The molecule has 1 saturated heterocycles. The molecule has 4 aromatic rings. The van der Waals surface area contributed by atoms with Crippen LogP contribution in [-0.4, -0.2) is 60.0 Å². The first-order valence-electron chi connectivity index (χ1n) is 16.3. The number of imidazole rings is 1. The lowest BCUT2D eigenvalue weighted by molar-refractivity contribution is -0.145. The van der Waals surface area contributed by atoms with Gasteiger partial charge in [0.05, 0.1) is 47.5 Å². The normalized spacial score (nSPS) is 20.6. The molecule has 50 heavy (non-hydrogen) atoms. The minimum absolute atomic E-state index is 0.0390. The maximum atomic E-state index is 12.8. The highest BCUT2D eigenvalue weighted by Gasteiger charge is 2.37. The highest BCUT2D eigenvalue weighted by Crippen LogP contribution is 2.40. The predicted octanol–water partition coefficient (Wildman–Crippen LogP) is 7.83. The molecule has 2 aliphatic rings. The van der Waals surface area contributed by atoms with E-state index in [1.807, 2.05) is 26.3 Å². The van der Waals surface area contributed by atoms with E-state index < -0.39 is 23.5 Å². The second-order valence-corrected chi connectivity index (χ2v) is 13.8. The summed E-state index contributed by atoms with van der Waals surface area (Å²) in [6.45, 7) is 4.32. The van der Waals surface area contributed by atoms with Crippen molar-refractivity contribution in [2.24, 2.45) is 18.9 Å². The molecule has 0 radical (unpaired) electrons. The number of halogens is 4. The smallest absolute Gasteiger partial charge is 0.416 e. The molecule has 6 rings (SSSR count). The summed E-state index contributed by atoms with van der Waals surface area (Å²) in [5.74, 6) is -0.769. The first kappa shape index (κ1) is 37.1. The number of aryl methyl sites for hydroxylation is 2. The van der Waals surface area contributed by atoms with Crippen molar-refractivity contribution in [2.75, 3.05) is 36.5 Å². The maximum Gasteiger partial charge on any atom is 0.416 e. The molecule has 14 heteroatoms. The zero-order valence-electron chi connectivity index (χ0n) is 28.0. The number of benzene rings is 3. The monoisotopic (exact) mass is 716 g/mol. The fourth-order valence-corrected chi connectivity index (χ4v) is 7.14. The minimum atomic E-state index is -4.58. The quantitative estimate of drug-likeness (QED) is 0.0973. The van der Waals surface area contributed by atoms with Gasteiger partial charge < -0.3 is 28.8 Å². The number of carbonyl (C=O) groups excluding carboxylic acids is 1. The SMILES string of the molecule is Cc1nc2cc(SN(C)c3ccc([C@@H]4C[C@H](OCC5CCOC5)CCC4C(=O)O)cc3)ccc2n1C.O=CNc1ccc(C(F)(F)F)cc1F. The van der Waals surface area contributed by atoms with Crippen LogP contribution in [0.3, 0.4) is 0 Å². The van der Waals surface area contributed by atoms with Crippen LogP contribution in [0.4, 0.5) is 28.9 Å². The van der Waals surface area contributed by atoms with Gasteiger partial charge in [0.25, 0.3) is 0 Å². The summed E-state index contributed by atoms with van der Waals surface area (Å²) in [7, 11) is 4.08. The van der Waals surface area contributed by atoms with Gasteiger partial charge in [-0.1, -0.05) is 12.1 Å². The summed E-state index contributed by atoms with van der Waals surface area (Å²) in [6, 6.07) is 16.6. The van der Waals surface area contributed by atoms with Gasteiger partial charge in [0.2, 0.25) is 6.41 Å². The van der Waals surface area contributed by atoms with Crippen molar-refractivity contribution in [3.05, 3.63) is 83.4 Å². The number of fused-ring (bicyclic) bond motifs is 1. The van der Waals surface area contributed by atoms with Crippen molar-refractivity contribution in [1.29, 1.82) is 0 Å². The van der Waals surface area contributed by atoms with Crippen LogP contribution in [0, 0.1) is 24.6 Å². The number of nitrogens with one attached hydrogen (secondary N) is 1. The highest BCUT2D eigenvalue weighted by molar-refractivity contribution is 8.00. The van der Waals surface area contributed by atoms with Crippen molar-refractivity contribution in [1.82, 2.24) is 9.55 Å². The number of hydrogen-bond donors (Lipinski definition) is 2. The molecular weight excluding hydrogens is 676 g/mol.